The van der Waals surface area contributed by atoms with Crippen molar-refractivity contribution in [2.45, 2.75) is 0 Å². The number of carboxylic acids is 1. The molecule has 0 aliphatic carbocycles. The number of halogens is 1. The Morgan fingerprint density at radius 2 is 2.15 bits per heavy atom. The summed E-state index contributed by atoms with van der Waals surface area (Å²) in [7, 11) is 1.43. The molecule has 0 radical (unpaired) electrons. The van der Waals surface area contributed by atoms with Crippen LogP contribution in [0.5, 0.6) is 5.75 Å². The van der Waals surface area contributed by atoms with E-state index in [2.05, 4.69) is 10.5 Å². The zero-order valence-electron chi connectivity index (χ0n) is 10.3. The molecule has 1 aromatic heterocycles. The number of ether oxygens (including phenoxy) is 1. The van der Waals surface area contributed by atoms with Crippen LogP contribution in [-0.4, -0.2) is 34.0 Å². The third kappa shape index (κ3) is 2.89. The molecule has 1 aromatic carbocycles. The fourth-order valence-corrected chi connectivity index (χ4v) is 1.69. The highest BCUT2D eigenvalue weighted by Gasteiger charge is 2.14. The Kier molecular flexibility index (Phi) is 3.90. The first-order chi connectivity index (χ1) is 9.51. The predicted molar refractivity (Wildman–Crippen MR) is 70.9 cm³/mol. The van der Waals surface area contributed by atoms with Gasteiger partial charge in [-0.3, -0.25) is 4.79 Å². The van der Waals surface area contributed by atoms with E-state index < -0.39 is 11.9 Å². The summed E-state index contributed by atoms with van der Waals surface area (Å²) in [6, 6.07) is 5.85. The molecule has 20 heavy (non-hydrogen) atoms. The van der Waals surface area contributed by atoms with Gasteiger partial charge in [-0.05, 0) is 24.3 Å². The Labute approximate surface area is 118 Å². The fraction of sp³-hybridized carbons (Fsp3) is 0.0833. The molecule has 0 saturated carbocycles. The number of benzene rings is 1. The van der Waals surface area contributed by atoms with Crippen molar-refractivity contribution < 1.29 is 19.4 Å². The number of carbonyl (C=O) groups excluding carboxylic acids is 1. The van der Waals surface area contributed by atoms with Gasteiger partial charge in [-0.2, -0.15) is 4.79 Å². The highest BCUT2D eigenvalue weighted by Crippen LogP contribution is 2.22. The van der Waals surface area contributed by atoms with Crippen LogP contribution >= 0.6 is 11.6 Å². The van der Waals surface area contributed by atoms with Crippen LogP contribution in [-0.2, 0) is 0 Å². The van der Waals surface area contributed by atoms with Crippen molar-refractivity contribution in [3.05, 3.63) is 46.7 Å². The van der Waals surface area contributed by atoms with E-state index in [0.717, 1.165) is 4.79 Å². The van der Waals surface area contributed by atoms with E-state index in [1.54, 1.807) is 12.1 Å². The van der Waals surface area contributed by atoms with E-state index in [-0.39, 0.29) is 11.3 Å². The fourth-order valence-electron chi connectivity index (χ4n) is 1.52. The van der Waals surface area contributed by atoms with Crippen molar-refractivity contribution in [2.75, 3.05) is 12.5 Å². The Bertz CT molecular complexity index is 668. The molecule has 8 heteroatoms. The topological polar surface area (TPSA) is 93.5 Å². The molecular weight excluding hydrogens is 286 g/mol. The number of carbonyl (C=O) groups is 2. The van der Waals surface area contributed by atoms with Crippen LogP contribution < -0.4 is 10.2 Å². The van der Waals surface area contributed by atoms with Gasteiger partial charge in [0.2, 0.25) is 0 Å². The highest BCUT2D eigenvalue weighted by atomic mass is 35.5. The first kappa shape index (κ1) is 13.9. The Balaban J connectivity index is 2.23. The number of aromatic carboxylic acids is 1. The summed E-state index contributed by atoms with van der Waals surface area (Å²) < 4.78 is 5.06. The summed E-state index contributed by atoms with van der Waals surface area (Å²) >= 11 is 5.83. The van der Waals surface area contributed by atoms with Gasteiger partial charge in [-0.1, -0.05) is 11.6 Å². The van der Waals surface area contributed by atoms with Crippen molar-refractivity contribution in [3.63, 3.8) is 0 Å². The largest absolute Gasteiger partial charge is 0.496 e. The summed E-state index contributed by atoms with van der Waals surface area (Å²) in [4.78, 5) is 23.8. The maximum absolute atomic E-state index is 12.1. The smallest absolute Gasteiger partial charge is 0.356 e. The van der Waals surface area contributed by atoms with Gasteiger partial charge in [0, 0.05) is 11.2 Å². The standard InChI is InChI=1S/C12H10ClN3O4/c1-20-10-3-2-7(13)6-8(10)11(17)15-16-5-4-9(14-16)12(18)19/h2-6H,1H3,(H,15,17)(H,18,19). The van der Waals surface area contributed by atoms with E-state index in [0.29, 0.717) is 10.8 Å². The molecule has 0 aliphatic heterocycles. The van der Waals surface area contributed by atoms with Crippen molar-refractivity contribution in [1.29, 1.82) is 0 Å². The van der Waals surface area contributed by atoms with Gasteiger partial charge in [-0.15, -0.1) is 5.10 Å². The average molecular weight is 296 g/mol. The monoisotopic (exact) mass is 295 g/mol. The summed E-state index contributed by atoms with van der Waals surface area (Å²) in [6.45, 7) is 0. The molecule has 0 atom stereocenters. The third-order valence-electron chi connectivity index (χ3n) is 2.43. The summed E-state index contributed by atoms with van der Waals surface area (Å²) in [5.41, 5.74) is 2.44. The van der Waals surface area contributed by atoms with Crippen LogP contribution in [0.15, 0.2) is 30.5 Å². The van der Waals surface area contributed by atoms with Crippen LogP contribution in [0, 0.1) is 0 Å². The lowest BCUT2D eigenvalue weighted by atomic mass is 10.2. The van der Waals surface area contributed by atoms with Crippen LogP contribution in [0.3, 0.4) is 0 Å². The van der Waals surface area contributed by atoms with Crippen molar-refractivity contribution in [3.8, 4) is 5.75 Å². The normalized spacial score (nSPS) is 10.1. The molecular formula is C12H10ClN3O4. The Morgan fingerprint density at radius 3 is 2.75 bits per heavy atom. The maximum Gasteiger partial charge on any atom is 0.356 e. The van der Waals surface area contributed by atoms with Crippen LogP contribution in [0.1, 0.15) is 20.8 Å². The van der Waals surface area contributed by atoms with Gasteiger partial charge in [0.05, 0.1) is 12.7 Å². The maximum atomic E-state index is 12.1. The Morgan fingerprint density at radius 1 is 1.40 bits per heavy atom. The van der Waals surface area contributed by atoms with Crippen molar-refractivity contribution in [1.82, 2.24) is 9.89 Å². The molecule has 0 unspecified atom stereocenters. The molecule has 2 rings (SSSR count). The van der Waals surface area contributed by atoms with E-state index >= 15 is 0 Å². The van der Waals surface area contributed by atoms with Gasteiger partial charge in [0.25, 0.3) is 5.91 Å². The number of aromatic nitrogens is 2. The minimum absolute atomic E-state index is 0.177. The second-order valence-electron chi connectivity index (χ2n) is 3.74. The first-order valence-electron chi connectivity index (χ1n) is 5.45. The molecule has 104 valence electrons. The SMILES string of the molecule is COc1ccc(Cl)cc1C(=O)Nn1ccc(C(=O)O)n1. The lowest BCUT2D eigenvalue weighted by Crippen LogP contribution is -2.24. The number of amides is 1. The summed E-state index contributed by atoms with van der Waals surface area (Å²) in [5, 5.41) is 12.8. The Hall–Kier alpha value is -2.54. The van der Waals surface area contributed by atoms with Gasteiger partial charge in [0.1, 0.15) is 5.75 Å². The number of rotatable bonds is 4. The van der Waals surface area contributed by atoms with Crippen molar-refractivity contribution in [2.24, 2.45) is 0 Å². The zero-order valence-corrected chi connectivity index (χ0v) is 11.1. The van der Waals surface area contributed by atoms with Crippen LogP contribution in [0.4, 0.5) is 0 Å². The first-order valence-corrected chi connectivity index (χ1v) is 5.83. The minimum Gasteiger partial charge on any atom is -0.496 e. The third-order valence-corrected chi connectivity index (χ3v) is 2.67. The number of nitrogens with zero attached hydrogens (tertiary/aromatic N) is 2. The average Bonchev–Trinajstić information content (AvgIpc) is 2.87. The number of hydrogen-bond acceptors (Lipinski definition) is 4. The van der Waals surface area contributed by atoms with Crippen LogP contribution in [0.2, 0.25) is 5.02 Å². The lowest BCUT2D eigenvalue weighted by Gasteiger charge is -2.09. The van der Waals surface area contributed by atoms with E-state index in [9.17, 15) is 9.59 Å². The van der Waals surface area contributed by atoms with Gasteiger partial charge in [0.15, 0.2) is 5.69 Å². The molecule has 0 saturated heterocycles. The minimum atomic E-state index is -1.18. The number of nitrogens with one attached hydrogen (secondary N) is 1. The van der Waals surface area contributed by atoms with E-state index in [4.69, 9.17) is 21.4 Å². The predicted octanol–water partition coefficient (Wildman–Crippen LogP) is 1.63. The van der Waals surface area contributed by atoms with E-state index in [1.165, 1.54) is 25.4 Å². The number of carboxylic acid groups (broad SMARTS) is 1. The molecule has 2 N–H and O–H groups in total. The molecule has 1 amide bonds. The van der Waals surface area contributed by atoms with Gasteiger partial charge in [-0.25, -0.2) is 10.2 Å². The van der Waals surface area contributed by atoms with Crippen LogP contribution in [0.25, 0.3) is 0 Å². The molecule has 1 heterocycles. The molecule has 0 fully saturated rings. The number of methoxy groups -OCH3 is 1. The van der Waals surface area contributed by atoms with Gasteiger partial charge >= 0.3 is 5.97 Å². The number of hydrogen-bond donors (Lipinski definition) is 2. The summed E-state index contributed by atoms with van der Waals surface area (Å²) in [6.07, 6.45) is 1.32. The quantitative estimate of drug-likeness (QED) is 0.894. The molecule has 0 aliphatic rings. The zero-order chi connectivity index (χ0) is 14.7. The highest BCUT2D eigenvalue weighted by molar-refractivity contribution is 6.31. The molecule has 7 nitrogen and oxygen atoms in total. The molecule has 2 aromatic rings. The van der Waals surface area contributed by atoms with Crippen molar-refractivity contribution >= 4 is 23.5 Å². The second-order valence-corrected chi connectivity index (χ2v) is 4.17. The second kappa shape index (κ2) is 5.62. The van der Waals surface area contributed by atoms with E-state index in [1.807, 2.05) is 0 Å². The van der Waals surface area contributed by atoms with Gasteiger partial charge < -0.3 is 9.84 Å². The lowest BCUT2D eigenvalue weighted by molar-refractivity contribution is 0.0689. The molecule has 0 spiro atoms. The summed E-state index contributed by atoms with van der Waals surface area (Å²) in [5.74, 6) is -1.36. The molecule has 0 bridgehead atoms.